The van der Waals surface area contributed by atoms with Crippen molar-refractivity contribution >= 4 is 0 Å². The topological polar surface area (TPSA) is 51.8 Å². The van der Waals surface area contributed by atoms with Crippen molar-refractivity contribution < 1.29 is 0 Å². The number of aromatic nitrogens is 2. The number of nitrogens with two attached hydrogens (primary N) is 1. The monoisotopic (exact) mass is 199 g/mol. The molecule has 0 saturated heterocycles. The van der Waals surface area contributed by atoms with Gasteiger partial charge in [-0.3, -0.25) is 0 Å². The van der Waals surface area contributed by atoms with Crippen molar-refractivity contribution in [1.29, 1.82) is 0 Å². The van der Waals surface area contributed by atoms with Crippen molar-refractivity contribution in [2.75, 3.05) is 0 Å². The zero-order valence-corrected chi connectivity index (χ0v) is 8.64. The van der Waals surface area contributed by atoms with E-state index in [1.165, 1.54) is 0 Å². The molecular weight excluding hydrogens is 186 g/mol. The third-order valence-electron chi connectivity index (χ3n) is 2.43. The van der Waals surface area contributed by atoms with Crippen molar-refractivity contribution in [1.82, 2.24) is 9.97 Å². The summed E-state index contributed by atoms with van der Waals surface area (Å²) in [7, 11) is 0. The van der Waals surface area contributed by atoms with Crippen LogP contribution in [0.2, 0.25) is 0 Å². The second-order valence-corrected chi connectivity index (χ2v) is 3.36. The maximum Gasteiger partial charge on any atom is 0.116 e. The molecule has 2 N–H and O–H groups in total. The molecule has 1 aromatic heterocycles. The fourth-order valence-electron chi connectivity index (χ4n) is 1.58. The Kier molecular flexibility index (Phi) is 2.74. The lowest BCUT2D eigenvalue weighted by Gasteiger charge is -2.07. The number of benzene rings is 1. The summed E-state index contributed by atoms with van der Waals surface area (Å²) in [5.41, 5.74) is 9.64. The maximum absolute atomic E-state index is 5.61. The van der Waals surface area contributed by atoms with E-state index in [1.807, 2.05) is 37.3 Å². The molecule has 0 aliphatic heterocycles. The van der Waals surface area contributed by atoms with Gasteiger partial charge in [0.25, 0.3) is 0 Å². The van der Waals surface area contributed by atoms with Crippen LogP contribution in [-0.4, -0.2) is 9.97 Å². The van der Waals surface area contributed by atoms with Crippen LogP contribution in [-0.2, 0) is 6.54 Å². The molecule has 0 aliphatic carbocycles. The number of hydrogen-bond acceptors (Lipinski definition) is 3. The van der Waals surface area contributed by atoms with E-state index in [2.05, 4.69) is 9.97 Å². The molecule has 0 radical (unpaired) electrons. The molecule has 1 aromatic carbocycles. The average molecular weight is 199 g/mol. The Morgan fingerprint density at radius 3 is 2.53 bits per heavy atom. The highest BCUT2D eigenvalue weighted by Gasteiger charge is 2.06. The van der Waals surface area contributed by atoms with Crippen LogP contribution in [0.1, 0.15) is 11.3 Å². The lowest BCUT2D eigenvalue weighted by atomic mass is 10.1. The van der Waals surface area contributed by atoms with E-state index < -0.39 is 0 Å². The van der Waals surface area contributed by atoms with E-state index in [1.54, 1.807) is 6.33 Å². The van der Waals surface area contributed by atoms with Crippen LogP contribution in [0.4, 0.5) is 0 Å². The van der Waals surface area contributed by atoms with Gasteiger partial charge in [-0.15, -0.1) is 0 Å². The SMILES string of the molecule is Cc1c(CN)ncnc1-c1ccccc1. The van der Waals surface area contributed by atoms with Gasteiger partial charge < -0.3 is 5.73 Å². The van der Waals surface area contributed by atoms with Crippen molar-refractivity contribution in [3.05, 3.63) is 47.9 Å². The standard InChI is InChI=1S/C12H13N3/c1-9-11(7-13)14-8-15-12(9)10-5-3-2-4-6-10/h2-6,8H,7,13H2,1H3. The Balaban J connectivity index is 2.54. The van der Waals surface area contributed by atoms with Gasteiger partial charge in [0.05, 0.1) is 11.4 Å². The van der Waals surface area contributed by atoms with Crippen LogP contribution in [0.25, 0.3) is 11.3 Å². The van der Waals surface area contributed by atoms with E-state index >= 15 is 0 Å². The molecule has 0 fully saturated rings. The van der Waals surface area contributed by atoms with Crippen molar-refractivity contribution in [3.63, 3.8) is 0 Å². The Hall–Kier alpha value is -1.74. The lowest BCUT2D eigenvalue weighted by Crippen LogP contribution is -2.04. The van der Waals surface area contributed by atoms with Gasteiger partial charge in [-0.05, 0) is 12.5 Å². The first-order valence-corrected chi connectivity index (χ1v) is 4.89. The van der Waals surface area contributed by atoms with E-state index in [0.29, 0.717) is 6.54 Å². The number of hydrogen-bond donors (Lipinski definition) is 1. The van der Waals surface area contributed by atoms with Gasteiger partial charge >= 0.3 is 0 Å². The molecule has 0 atom stereocenters. The van der Waals surface area contributed by atoms with Gasteiger partial charge in [0.1, 0.15) is 6.33 Å². The molecule has 1 heterocycles. The molecule has 3 nitrogen and oxygen atoms in total. The molecule has 0 saturated carbocycles. The number of nitrogens with zero attached hydrogens (tertiary/aromatic N) is 2. The molecule has 2 rings (SSSR count). The summed E-state index contributed by atoms with van der Waals surface area (Å²) in [4.78, 5) is 8.44. The fourth-order valence-corrected chi connectivity index (χ4v) is 1.58. The summed E-state index contributed by atoms with van der Waals surface area (Å²) in [5, 5.41) is 0. The highest BCUT2D eigenvalue weighted by molar-refractivity contribution is 5.62. The van der Waals surface area contributed by atoms with E-state index in [9.17, 15) is 0 Å². The zero-order chi connectivity index (χ0) is 10.7. The summed E-state index contributed by atoms with van der Waals surface area (Å²) in [5.74, 6) is 0. The van der Waals surface area contributed by atoms with Gasteiger partial charge in [0.2, 0.25) is 0 Å². The Morgan fingerprint density at radius 2 is 1.87 bits per heavy atom. The Bertz CT molecular complexity index is 452. The predicted molar refractivity (Wildman–Crippen MR) is 60.1 cm³/mol. The molecule has 0 aliphatic rings. The lowest BCUT2D eigenvalue weighted by molar-refractivity contribution is 0.943. The van der Waals surface area contributed by atoms with Crippen LogP contribution < -0.4 is 5.73 Å². The molecule has 76 valence electrons. The van der Waals surface area contributed by atoms with Crippen molar-refractivity contribution in [3.8, 4) is 11.3 Å². The minimum atomic E-state index is 0.453. The molecule has 0 amide bonds. The average Bonchev–Trinajstić information content (AvgIpc) is 2.30. The largest absolute Gasteiger partial charge is 0.325 e. The minimum absolute atomic E-state index is 0.453. The highest BCUT2D eigenvalue weighted by Crippen LogP contribution is 2.21. The Morgan fingerprint density at radius 1 is 1.13 bits per heavy atom. The predicted octanol–water partition coefficient (Wildman–Crippen LogP) is 1.91. The number of rotatable bonds is 2. The fraction of sp³-hybridized carbons (Fsp3) is 0.167. The normalized spacial score (nSPS) is 10.3. The summed E-state index contributed by atoms with van der Waals surface area (Å²) in [6, 6.07) is 10.1. The molecule has 2 aromatic rings. The second kappa shape index (κ2) is 4.19. The molecule has 0 bridgehead atoms. The summed E-state index contributed by atoms with van der Waals surface area (Å²) < 4.78 is 0. The first-order valence-electron chi connectivity index (χ1n) is 4.89. The smallest absolute Gasteiger partial charge is 0.116 e. The van der Waals surface area contributed by atoms with Crippen molar-refractivity contribution in [2.45, 2.75) is 13.5 Å². The van der Waals surface area contributed by atoms with Gasteiger partial charge in [-0.1, -0.05) is 30.3 Å². The van der Waals surface area contributed by atoms with E-state index in [-0.39, 0.29) is 0 Å². The van der Waals surface area contributed by atoms with Crippen LogP contribution in [0, 0.1) is 6.92 Å². The van der Waals surface area contributed by atoms with E-state index in [0.717, 1.165) is 22.5 Å². The third-order valence-corrected chi connectivity index (χ3v) is 2.43. The quantitative estimate of drug-likeness (QED) is 0.803. The van der Waals surface area contributed by atoms with Crippen molar-refractivity contribution in [2.24, 2.45) is 5.73 Å². The van der Waals surface area contributed by atoms with Gasteiger partial charge in [0, 0.05) is 12.1 Å². The van der Waals surface area contributed by atoms with Gasteiger partial charge in [-0.2, -0.15) is 0 Å². The first kappa shape index (κ1) is 9.80. The van der Waals surface area contributed by atoms with Crippen LogP contribution in [0.15, 0.2) is 36.7 Å². The Labute approximate surface area is 89.0 Å². The van der Waals surface area contributed by atoms with Gasteiger partial charge in [0.15, 0.2) is 0 Å². The summed E-state index contributed by atoms with van der Waals surface area (Å²) in [6.07, 6.45) is 1.57. The zero-order valence-electron chi connectivity index (χ0n) is 8.64. The highest BCUT2D eigenvalue weighted by atomic mass is 14.9. The molecular formula is C12H13N3. The molecule has 15 heavy (non-hydrogen) atoms. The van der Waals surface area contributed by atoms with Crippen LogP contribution in [0.5, 0.6) is 0 Å². The van der Waals surface area contributed by atoms with E-state index in [4.69, 9.17) is 5.73 Å². The maximum atomic E-state index is 5.61. The summed E-state index contributed by atoms with van der Waals surface area (Å²) in [6.45, 7) is 2.46. The second-order valence-electron chi connectivity index (χ2n) is 3.36. The molecule has 0 unspecified atom stereocenters. The van der Waals surface area contributed by atoms with Gasteiger partial charge in [-0.25, -0.2) is 9.97 Å². The molecule has 3 heteroatoms. The summed E-state index contributed by atoms with van der Waals surface area (Å²) >= 11 is 0. The molecule has 0 spiro atoms. The minimum Gasteiger partial charge on any atom is -0.325 e. The van der Waals surface area contributed by atoms with Crippen LogP contribution in [0.3, 0.4) is 0 Å². The third kappa shape index (κ3) is 1.87. The first-order chi connectivity index (χ1) is 7.33. The van der Waals surface area contributed by atoms with Crippen LogP contribution >= 0.6 is 0 Å².